The molecular weight excluding hydrogens is 284 g/mol. The Morgan fingerprint density at radius 1 is 1.32 bits per heavy atom. The lowest BCUT2D eigenvalue weighted by atomic mass is 10.2. The van der Waals surface area contributed by atoms with E-state index in [-0.39, 0.29) is 18.4 Å². The van der Waals surface area contributed by atoms with Gasteiger partial charge in [-0.3, -0.25) is 14.6 Å². The molecule has 7 heteroatoms. The molecule has 7 nitrogen and oxygen atoms in total. The van der Waals surface area contributed by atoms with Gasteiger partial charge in [0.2, 0.25) is 5.91 Å². The summed E-state index contributed by atoms with van der Waals surface area (Å²) in [6, 6.07) is 3.61. The van der Waals surface area contributed by atoms with Crippen molar-refractivity contribution in [2.75, 3.05) is 44.3 Å². The second-order valence-corrected chi connectivity index (χ2v) is 5.03. The van der Waals surface area contributed by atoms with Crippen LogP contribution in [0, 0.1) is 0 Å². The molecule has 22 heavy (non-hydrogen) atoms. The third-order valence-electron chi connectivity index (χ3n) is 3.33. The molecule has 0 bridgehead atoms. The molecule has 1 aromatic rings. The van der Waals surface area contributed by atoms with E-state index < -0.39 is 0 Å². The average molecular weight is 306 g/mol. The Bertz CT molecular complexity index is 515. The summed E-state index contributed by atoms with van der Waals surface area (Å²) in [5.74, 6) is -0.540. The average Bonchev–Trinajstić information content (AvgIpc) is 2.58. The molecule has 0 saturated carbocycles. The lowest BCUT2D eigenvalue weighted by molar-refractivity contribution is -0.120. The van der Waals surface area contributed by atoms with Gasteiger partial charge in [-0.05, 0) is 18.6 Å². The van der Waals surface area contributed by atoms with Crippen LogP contribution in [-0.4, -0.2) is 56.2 Å². The third kappa shape index (κ3) is 4.70. The second-order valence-electron chi connectivity index (χ2n) is 5.03. The van der Waals surface area contributed by atoms with Gasteiger partial charge < -0.3 is 20.3 Å². The predicted molar refractivity (Wildman–Crippen MR) is 82.9 cm³/mol. The fraction of sp³-hybridized carbons (Fsp3) is 0.533. The number of aromatic nitrogens is 1. The molecule has 0 spiro atoms. The number of hydrogen-bond acceptors (Lipinski definition) is 5. The molecule has 1 aromatic heterocycles. The van der Waals surface area contributed by atoms with E-state index in [9.17, 15) is 9.59 Å². The molecule has 1 aliphatic heterocycles. The summed E-state index contributed by atoms with van der Waals surface area (Å²) in [5, 5.41) is 5.29. The fourth-order valence-electron chi connectivity index (χ4n) is 2.14. The molecule has 0 atom stereocenters. The number of anilines is 1. The van der Waals surface area contributed by atoms with E-state index in [0.717, 1.165) is 25.2 Å². The van der Waals surface area contributed by atoms with Crippen LogP contribution in [0.25, 0.3) is 0 Å². The van der Waals surface area contributed by atoms with Gasteiger partial charge in [-0.2, -0.15) is 0 Å². The van der Waals surface area contributed by atoms with E-state index in [0.29, 0.717) is 25.5 Å². The van der Waals surface area contributed by atoms with Crippen LogP contribution in [0.2, 0.25) is 0 Å². The molecule has 0 aliphatic carbocycles. The number of morpholine rings is 1. The first-order valence-corrected chi connectivity index (χ1v) is 7.54. The van der Waals surface area contributed by atoms with Crippen molar-refractivity contribution in [3.05, 3.63) is 24.0 Å². The van der Waals surface area contributed by atoms with Gasteiger partial charge in [0.15, 0.2) is 0 Å². The highest BCUT2D eigenvalue weighted by Crippen LogP contribution is 2.15. The van der Waals surface area contributed by atoms with Gasteiger partial charge in [0.1, 0.15) is 5.69 Å². The van der Waals surface area contributed by atoms with Gasteiger partial charge >= 0.3 is 0 Å². The standard InChI is InChI=1S/C15H22N4O3/c1-2-4-17-14(20)11-18-15(21)13-10-12(3-5-16-13)19-6-8-22-9-7-19/h3,5,10H,2,4,6-9,11H2,1H3,(H,17,20)(H,18,21). The van der Waals surface area contributed by atoms with Crippen LogP contribution in [-0.2, 0) is 9.53 Å². The zero-order valence-electron chi connectivity index (χ0n) is 12.8. The summed E-state index contributed by atoms with van der Waals surface area (Å²) in [6.07, 6.45) is 2.47. The van der Waals surface area contributed by atoms with E-state index >= 15 is 0 Å². The summed E-state index contributed by atoms with van der Waals surface area (Å²) in [4.78, 5) is 29.8. The maximum atomic E-state index is 12.1. The molecule has 0 aromatic carbocycles. The monoisotopic (exact) mass is 306 g/mol. The number of amides is 2. The number of pyridine rings is 1. The van der Waals surface area contributed by atoms with Crippen LogP contribution in [0.15, 0.2) is 18.3 Å². The largest absolute Gasteiger partial charge is 0.378 e. The number of ether oxygens (including phenoxy) is 1. The third-order valence-corrected chi connectivity index (χ3v) is 3.33. The van der Waals surface area contributed by atoms with Gasteiger partial charge in [0, 0.05) is 31.5 Å². The van der Waals surface area contributed by atoms with Crippen molar-refractivity contribution in [3.63, 3.8) is 0 Å². The highest BCUT2D eigenvalue weighted by Gasteiger charge is 2.14. The van der Waals surface area contributed by atoms with Crippen LogP contribution in [0.3, 0.4) is 0 Å². The molecule has 1 aliphatic rings. The molecule has 2 heterocycles. The fourth-order valence-corrected chi connectivity index (χ4v) is 2.14. The minimum atomic E-state index is -0.346. The Kier molecular flexibility index (Phi) is 6.14. The summed E-state index contributed by atoms with van der Waals surface area (Å²) in [5.41, 5.74) is 1.26. The molecule has 1 fully saturated rings. The van der Waals surface area contributed by atoms with Crippen molar-refractivity contribution in [1.29, 1.82) is 0 Å². The second kappa shape index (κ2) is 8.33. The molecule has 120 valence electrons. The number of nitrogens with zero attached hydrogens (tertiary/aromatic N) is 2. The minimum Gasteiger partial charge on any atom is -0.378 e. The molecule has 0 unspecified atom stereocenters. The van der Waals surface area contributed by atoms with Crippen LogP contribution < -0.4 is 15.5 Å². The molecule has 2 N–H and O–H groups in total. The van der Waals surface area contributed by atoms with Crippen molar-refractivity contribution in [2.24, 2.45) is 0 Å². The first kappa shape index (κ1) is 16.2. The van der Waals surface area contributed by atoms with E-state index in [1.807, 2.05) is 13.0 Å². The number of carbonyl (C=O) groups is 2. The Labute approximate surface area is 130 Å². The van der Waals surface area contributed by atoms with E-state index in [1.165, 1.54) is 0 Å². The van der Waals surface area contributed by atoms with E-state index in [1.54, 1.807) is 12.3 Å². The van der Waals surface area contributed by atoms with Crippen LogP contribution in [0.1, 0.15) is 23.8 Å². The topological polar surface area (TPSA) is 83.6 Å². The summed E-state index contributed by atoms with van der Waals surface area (Å²) in [6.45, 7) is 5.50. The lowest BCUT2D eigenvalue weighted by Gasteiger charge is -2.28. The molecule has 0 radical (unpaired) electrons. The van der Waals surface area contributed by atoms with E-state index in [4.69, 9.17) is 4.74 Å². The highest BCUT2D eigenvalue weighted by molar-refractivity contribution is 5.95. The number of rotatable bonds is 6. The lowest BCUT2D eigenvalue weighted by Crippen LogP contribution is -2.38. The summed E-state index contributed by atoms with van der Waals surface area (Å²) >= 11 is 0. The molecule has 2 rings (SSSR count). The van der Waals surface area contributed by atoms with Crippen LogP contribution >= 0.6 is 0 Å². The van der Waals surface area contributed by atoms with Crippen molar-refractivity contribution in [2.45, 2.75) is 13.3 Å². The number of carbonyl (C=O) groups excluding carboxylic acids is 2. The van der Waals surface area contributed by atoms with Gasteiger partial charge in [0.05, 0.1) is 19.8 Å². The summed E-state index contributed by atoms with van der Waals surface area (Å²) < 4.78 is 5.31. The maximum Gasteiger partial charge on any atom is 0.270 e. The van der Waals surface area contributed by atoms with Crippen molar-refractivity contribution < 1.29 is 14.3 Å². The minimum absolute atomic E-state index is 0.0394. The van der Waals surface area contributed by atoms with Crippen LogP contribution in [0.5, 0.6) is 0 Å². The van der Waals surface area contributed by atoms with Gasteiger partial charge in [-0.1, -0.05) is 6.92 Å². The van der Waals surface area contributed by atoms with Gasteiger partial charge in [0.25, 0.3) is 5.91 Å². The molecule has 1 saturated heterocycles. The Morgan fingerprint density at radius 3 is 2.82 bits per heavy atom. The zero-order valence-corrected chi connectivity index (χ0v) is 12.8. The highest BCUT2D eigenvalue weighted by atomic mass is 16.5. The van der Waals surface area contributed by atoms with Gasteiger partial charge in [-0.25, -0.2) is 0 Å². The Hall–Kier alpha value is -2.15. The smallest absolute Gasteiger partial charge is 0.270 e. The quantitative estimate of drug-likeness (QED) is 0.783. The van der Waals surface area contributed by atoms with Crippen molar-refractivity contribution in [1.82, 2.24) is 15.6 Å². The normalized spacial score (nSPS) is 14.5. The Balaban J connectivity index is 1.91. The SMILES string of the molecule is CCCNC(=O)CNC(=O)c1cc(N2CCOCC2)ccn1. The first-order chi connectivity index (χ1) is 10.7. The Morgan fingerprint density at radius 2 is 2.09 bits per heavy atom. The zero-order chi connectivity index (χ0) is 15.8. The predicted octanol–water partition coefficient (Wildman–Crippen LogP) is 0.174. The maximum absolute atomic E-state index is 12.1. The first-order valence-electron chi connectivity index (χ1n) is 7.54. The van der Waals surface area contributed by atoms with Crippen LogP contribution in [0.4, 0.5) is 5.69 Å². The van der Waals surface area contributed by atoms with E-state index in [2.05, 4.69) is 20.5 Å². The van der Waals surface area contributed by atoms with Crippen molar-refractivity contribution >= 4 is 17.5 Å². The number of nitrogens with one attached hydrogen (secondary N) is 2. The molecular formula is C15H22N4O3. The number of hydrogen-bond donors (Lipinski definition) is 2. The summed E-state index contributed by atoms with van der Waals surface area (Å²) in [7, 11) is 0. The van der Waals surface area contributed by atoms with Gasteiger partial charge in [-0.15, -0.1) is 0 Å². The van der Waals surface area contributed by atoms with Crippen molar-refractivity contribution in [3.8, 4) is 0 Å². The molecule has 2 amide bonds.